The molecule has 1 N–H and O–H groups in total. The van der Waals surface area contributed by atoms with Gasteiger partial charge in [-0.1, -0.05) is 6.07 Å². The number of amides is 1. The summed E-state index contributed by atoms with van der Waals surface area (Å²) in [6.07, 6.45) is 8.91. The van der Waals surface area contributed by atoms with Crippen LogP contribution in [0.1, 0.15) is 63.0 Å². The first-order chi connectivity index (χ1) is 13.0. The third kappa shape index (κ3) is 4.07. The van der Waals surface area contributed by atoms with Crippen LogP contribution in [0.5, 0.6) is 0 Å². The number of likely N-dealkylation sites (tertiary alicyclic amines) is 1. The van der Waals surface area contributed by atoms with E-state index in [1.54, 1.807) is 6.92 Å². The van der Waals surface area contributed by atoms with E-state index in [2.05, 4.69) is 47.2 Å². The highest BCUT2D eigenvalue weighted by molar-refractivity contribution is 5.92. The lowest BCUT2D eigenvalue weighted by molar-refractivity contribution is -0.117. The molecule has 0 radical (unpaired) electrons. The number of anilines is 1. The number of nitrogens with one attached hydrogen (secondary N) is 1. The van der Waals surface area contributed by atoms with E-state index in [1.165, 1.54) is 43.2 Å². The largest absolute Gasteiger partial charge is 0.311 e. The Morgan fingerprint density at radius 1 is 1.00 bits per heavy atom. The molecule has 4 rings (SSSR count). The van der Waals surface area contributed by atoms with Crippen LogP contribution in [0, 0.1) is 13.8 Å². The van der Waals surface area contributed by atoms with Gasteiger partial charge < -0.3 is 15.1 Å². The fourth-order valence-corrected chi connectivity index (χ4v) is 5.52. The summed E-state index contributed by atoms with van der Waals surface area (Å²) in [5, 5.41) is 3.82. The van der Waals surface area contributed by atoms with Crippen LogP contribution in [0.15, 0.2) is 18.2 Å². The van der Waals surface area contributed by atoms with Crippen molar-refractivity contribution in [2.45, 2.75) is 89.9 Å². The van der Waals surface area contributed by atoms with Crippen LogP contribution in [-0.4, -0.2) is 48.1 Å². The molecule has 4 heteroatoms. The lowest BCUT2D eigenvalue weighted by Crippen LogP contribution is -2.50. The molecule has 27 heavy (non-hydrogen) atoms. The third-order valence-electron chi connectivity index (χ3n) is 7.23. The quantitative estimate of drug-likeness (QED) is 0.880. The first-order valence-electron chi connectivity index (χ1n) is 10.9. The van der Waals surface area contributed by atoms with Gasteiger partial charge in [0.05, 0.1) is 0 Å². The number of carbonyl (C=O) groups excluding carboxylic acids is 1. The van der Waals surface area contributed by atoms with Gasteiger partial charge in [0, 0.05) is 49.9 Å². The number of carbonyl (C=O) groups is 1. The summed E-state index contributed by atoms with van der Waals surface area (Å²) in [5.74, 6) is 0.174. The maximum atomic E-state index is 12.5. The standard InChI is InChI=1S/C23H35N3O/c1-16-4-8-23(14-17(16)2)26(18(3)27)21-10-12-25(13-11-21)22-9-7-19-5-6-20(15-22)24-19/h4,8,14,19-22,24H,5-7,9-13,15H2,1-3H3. The number of nitrogens with zero attached hydrogens (tertiary/aromatic N) is 2. The second-order valence-corrected chi connectivity index (χ2v) is 9.03. The lowest BCUT2D eigenvalue weighted by atomic mass is 9.93. The molecule has 0 spiro atoms. The molecular weight excluding hydrogens is 334 g/mol. The number of hydrogen-bond acceptors (Lipinski definition) is 3. The highest BCUT2D eigenvalue weighted by Crippen LogP contribution is 2.31. The zero-order valence-corrected chi connectivity index (χ0v) is 17.2. The second kappa shape index (κ2) is 7.92. The first-order valence-corrected chi connectivity index (χ1v) is 10.9. The zero-order chi connectivity index (χ0) is 19.0. The predicted octanol–water partition coefficient (Wildman–Crippen LogP) is 3.79. The summed E-state index contributed by atoms with van der Waals surface area (Å²) in [5.41, 5.74) is 3.62. The van der Waals surface area contributed by atoms with Crippen LogP contribution in [0.25, 0.3) is 0 Å². The van der Waals surface area contributed by atoms with Crippen LogP contribution < -0.4 is 10.2 Å². The molecule has 4 nitrogen and oxygen atoms in total. The number of aryl methyl sites for hydroxylation is 2. The van der Waals surface area contributed by atoms with Gasteiger partial charge >= 0.3 is 0 Å². The summed E-state index contributed by atoms with van der Waals surface area (Å²) in [7, 11) is 0. The molecule has 0 aromatic heterocycles. The molecule has 1 aromatic carbocycles. The Morgan fingerprint density at radius 2 is 1.70 bits per heavy atom. The summed E-state index contributed by atoms with van der Waals surface area (Å²) in [6.45, 7) is 8.23. The first kappa shape index (κ1) is 18.9. The van der Waals surface area contributed by atoms with Crippen molar-refractivity contribution in [2.24, 2.45) is 0 Å². The van der Waals surface area contributed by atoms with Gasteiger partial charge in [0.1, 0.15) is 0 Å². The maximum Gasteiger partial charge on any atom is 0.224 e. The highest BCUT2D eigenvalue weighted by atomic mass is 16.2. The second-order valence-electron chi connectivity index (χ2n) is 9.03. The Labute approximate surface area is 164 Å². The zero-order valence-electron chi connectivity index (χ0n) is 17.2. The lowest BCUT2D eigenvalue weighted by Gasteiger charge is -2.42. The molecule has 0 saturated carbocycles. The molecule has 148 valence electrons. The molecule has 3 unspecified atom stereocenters. The predicted molar refractivity (Wildman–Crippen MR) is 111 cm³/mol. The topological polar surface area (TPSA) is 35.6 Å². The minimum absolute atomic E-state index is 0.174. The molecule has 3 saturated heterocycles. The van der Waals surface area contributed by atoms with Crippen molar-refractivity contribution < 1.29 is 4.79 Å². The molecule has 2 bridgehead atoms. The Balaban J connectivity index is 1.40. The van der Waals surface area contributed by atoms with E-state index in [0.717, 1.165) is 49.7 Å². The molecule has 3 aliphatic heterocycles. The van der Waals surface area contributed by atoms with Crippen molar-refractivity contribution in [1.82, 2.24) is 10.2 Å². The summed E-state index contributed by atoms with van der Waals surface area (Å²) in [6, 6.07) is 9.02. The van der Waals surface area contributed by atoms with Gasteiger partial charge in [-0.3, -0.25) is 4.79 Å². The minimum atomic E-state index is 0.174. The Bertz CT molecular complexity index is 680. The van der Waals surface area contributed by atoms with E-state index in [-0.39, 0.29) is 5.91 Å². The van der Waals surface area contributed by atoms with Crippen molar-refractivity contribution in [3.8, 4) is 0 Å². The highest BCUT2D eigenvalue weighted by Gasteiger charge is 2.35. The minimum Gasteiger partial charge on any atom is -0.311 e. The van der Waals surface area contributed by atoms with Crippen LogP contribution >= 0.6 is 0 Å². The van der Waals surface area contributed by atoms with E-state index in [9.17, 15) is 4.79 Å². The Hall–Kier alpha value is -1.39. The van der Waals surface area contributed by atoms with Gasteiger partial charge in [-0.05, 0) is 82.1 Å². The summed E-state index contributed by atoms with van der Waals surface area (Å²) < 4.78 is 0. The van der Waals surface area contributed by atoms with E-state index in [1.807, 2.05) is 0 Å². The number of rotatable bonds is 3. The molecule has 1 amide bonds. The van der Waals surface area contributed by atoms with Crippen molar-refractivity contribution in [1.29, 1.82) is 0 Å². The van der Waals surface area contributed by atoms with Gasteiger partial charge in [0.25, 0.3) is 0 Å². The molecule has 0 aliphatic carbocycles. The average Bonchev–Trinajstić information content (AvgIpc) is 2.98. The van der Waals surface area contributed by atoms with Crippen molar-refractivity contribution >= 4 is 11.6 Å². The third-order valence-corrected chi connectivity index (χ3v) is 7.23. The fourth-order valence-electron chi connectivity index (χ4n) is 5.52. The van der Waals surface area contributed by atoms with Crippen molar-refractivity contribution in [3.63, 3.8) is 0 Å². The number of piperidine rings is 1. The Kier molecular flexibility index (Phi) is 5.56. The smallest absolute Gasteiger partial charge is 0.224 e. The molecule has 1 aromatic rings. The fraction of sp³-hybridized carbons (Fsp3) is 0.696. The summed E-state index contributed by atoms with van der Waals surface area (Å²) >= 11 is 0. The van der Waals surface area contributed by atoms with E-state index >= 15 is 0 Å². The van der Waals surface area contributed by atoms with Gasteiger partial charge in [-0.15, -0.1) is 0 Å². The van der Waals surface area contributed by atoms with Crippen LogP contribution in [0.2, 0.25) is 0 Å². The SMILES string of the molecule is CC(=O)N(c1ccc(C)c(C)c1)C1CCN(C2CCC3CCC(C2)N3)CC1. The van der Waals surface area contributed by atoms with Crippen LogP contribution in [-0.2, 0) is 4.79 Å². The number of benzene rings is 1. The van der Waals surface area contributed by atoms with Gasteiger partial charge in [-0.25, -0.2) is 0 Å². The molecule has 3 atom stereocenters. The van der Waals surface area contributed by atoms with Crippen molar-refractivity contribution in [2.75, 3.05) is 18.0 Å². The van der Waals surface area contributed by atoms with Crippen LogP contribution in [0.4, 0.5) is 5.69 Å². The molecule has 3 fully saturated rings. The number of hydrogen-bond donors (Lipinski definition) is 1. The van der Waals surface area contributed by atoms with E-state index in [4.69, 9.17) is 0 Å². The normalized spacial score (nSPS) is 29.5. The Morgan fingerprint density at radius 3 is 2.41 bits per heavy atom. The maximum absolute atomic E-state index is 12.5. The summed E-state index contributed by atoms with van der Waals surface area (Å²) in [4.78, 5) is 17.2. The van der Waals surface area contributed by atoms with Crippen LogP contribution in [0.3, 0.4) is 0 Å². The van der Waals surface area contributed by atoms with Gasteiger partial charge in [-0.2, -0.15) is 0 Å². The monoisotopic (exact) mass is 369 g/mol. The molecular formula is C23H35N3O. The molecule has 3 aliphatic rings. The van der Waals surface area contributed by atoms with E-state index < -0.39 is 0 Å². The van der Waals surface area contributed by atoms with Gasteiger partial charge in [0.15, 0.2) is 0 Å². The van der Waals surface area contributed by atoms with Crippen molar-refractivity contribution in [3.05, 3.63) is 29.3 Å². The van der Waals surface area contributed by atoms with Gasteiger partial charge in [0.2, 0.25) is 5.91 Å². The number of fused-ring (bicyclic) bond motifs is 2. The molecule has 3 heterocycles. The average molecular weight is 370 g/mol. The van der Waals surface area contributed by atoms with E-state index in [0.29, 0.717) is 6.04 Å².